The largest absolute Gasteiger partial charge is 0.331 e. The second-order valence-corrected chi connectivity index (χ2v) is 6.88. The third kappa shape index (κ3) is 5.36. The summed E-state index contributed by atoms with van der Waals surface area (Å²) in [6.07, 6.45) is 4.41. The molecule has 2 aromatic heterocycles. The summed E-state index contributed by atoms with van der Waals surface area (Å²) in [7, 11) is 0. The minimum atomic E-state index is -0.0133. The smallest absolute Gasteiger partial charge is 0.318 e. The van der Waals surface area contributed by atoms with E-state index in [1.807, 2.05) is 28.6 Å². The normalized spacial score (nSPS) is 12.2. The zero-order valence-electron chi connectivity index (χ0n) is 14.0. The Hall–Kier alpha value is -1.88. The standard InChI is InChI=1S/C18H25N3OS/c1-4-17(16-6-5-8-19-10-16)20-18(22)21(11-14(2)3)12-15-7-9-23-13-15/h5-10,13-14,17H,4,11-12H2,1-3H3,(H,20,22)/t17-/m0/s1. The van der Waals surface area contributed by atoms with E-state index in [0.717, 1.165) is 18.5 Å². The van der Waals surface area contributed by atoms with Gasteiger partial charge in [-0.2, -0.15) is 11.3 Å². The first kappa shape index (κ1) is 17.5. The lowest BCUT2D eigenvalue weighted by Gasteiger charge is -2.27. The van der Waals surface area contributed by atoms with Gasteiger partial charge >= 0.3 is 6.03 Å². The van der Waals surface area contributed by atoms with Crippen molar-refractivity contribution in [2.45, 2.75) is 39.8 Å². The molecular formula is C18H25N3OS. The second-order valence-electron chi connectivity index (χ2n) is 6.10. The van der Waals surface area contributed by atoms with Crippen molar-refractivity contribution in [1.82, 2.24) is 15.2 Å². The first-order valence-corrected chi connectivity index (χ1v) is 9.00. The van der Waals surface area contributed by atoms with Gasteiger partial charge < -0.3 is 10.2 Å². The number of nitrogens with one attached hydrogen (secondary N) is 1. The quantitative estimate of drug-likeness (QED) is 0.814. The second kappa shape index (κ2) is 8.67. The molecule has 5 heteroatoms. The Morgan fingerprint density at radius 3 is 2.78 bits per heavy atom. The molecule has 23 heavy (non-hydrogen) atoms. The monoisotopic (exact) mass is 331 g/mol. The van der Waals surface area contributed by atoms with Crippen LogP contribution in [-0.4, -0.2) is 22.5 Å². The van der Waals surface area contributed by atoms with Crippen molar-refractivity contribution in [3.8, 4) is 0 Å². The summed E-state index contributed by atoms with van der Waals surface area (Å²) < 4.78 is 0. The maximum atomic E-state index is 12.7. The number of pyridine rings is 1. The number of hydrogen-bond acceptors (Lipinski definition) is 3. The van der Waals surface area contributed by atoms with Gasteiger partial charge in [-0.05, 0) is 46.4 Å². The van der Waals surface area contributed by atoms with Crippen molar-refractivity contribution in [3.05, 3.63) is 52.5 Å². The van der Waals surface area contributed by atoms with E-state index < -0.39 is 0 Å². The van der Waals surface area contributed by atoms with Gasteiger partial charge in [-0.3, -0.25) is 4.98 Å². The summed E-state index contributed by atoms with van der Waals surface area (Å²) in [6.45, 7) is 7.73. The van der Waals surface area contributed by atoms with Crippen LogP contribution in [-0.2, 0) is 6.54 Å². The Balaban J connectivity index is 2.06. The highest BCUT2D eigenvalue weighted by Gasteiger charge is 2.19. The molecule has 0 spiro atoms. The molecule has 0 aromatic carbocycles. The van der Waals surface area contributed by atoms with Crippen molar-refractivity contribution in [2.75, 3.05) is 6.54 Å². The number of rotatable bonds is 7. The highest BCUT2D eigenvalue weighted by atomic mass is 32.1. The van der Waals surface area contributed by atoms with Gasteiger partial charge in [-0.15, -0.1) is 0 Å². The molecule has 0 unspecified atom stereocenters. The summed E-state index contributed by atoms with van der Waals surface area (Å²) in [6, 6.07) is 5.96. The number of urea groups is 1. The van der Waals surface area contributed by atoms with Crippen molar-refractivity contribution >= 4 is 17.4 Å². The minimum absolute atomic E-state index is 0.00617. The molecule has 0 radical (unpaired) electrons. The van der Waals surface area contributed by atoms with Crippen molar-refractivity contribution in [2.24, 2.45) is 5.92 Å². The predicted octanol–water partition coefficient (Wildman–Crippen LogP) is 4.46. The topological polar surface area (TPSA) is 45.2 Å². The Morgan fingerprint density at radius 2 is 2.22 bits per heavy atom. The third-order valence-electron chi connectivity index (χ3n) is 3.62. The first-order chi connectivity index (χ1) is 11.1. The van der Waals surface area contributed by atoms with E-state index in [4.69, 9.17) is 0 Å². The molecule has 0 bridgehead atoms. The molecule has 1 N–H and O–H groups in total. The average molecular weight is 331 g/mol. The number of carbonyl (C=O) groups is 1. The molecule has 1 atom stereocenters. The van der Waals surface area contributed by atoms with E-state index >= 15 is 0 Å². The number of nitrogens with zero attached hydrogens (tertiary/aromatic N) is 2. The van der Waals surface area contributed by atoms with Crippen molar-refractivity contribution < 1.29 is 4.79 Å². The molecule has 0 fully saturated rings. The Morgan fingerprint density at radius 1 is 1.39 bits per heavy atom. The lowest BCUT2D eigenvalue weighted by molar-refractivity contribution is 0.183. The summed E-state index contributed by atoms with van der Waals surface area (Å²) in [4.78, 5) is 18.8. The summed E-state index contributed by atoms with van der Waals surface area (Å²) >= 11 is 1.66. The fourth-order valence-corrected chi connectivity index (χ4v) is 3.17. The van der Waals surface area contributed by atoms with E-state index in [2.05, 4.69) is 42.5 Å². The van der Waals surface area contributed by atoms with Crippen LogP contribution in [0.25, 0.3) is 0 Å². The van der Waals surface area contributed by atoms with Gasteiger partial charge in [0.05, 0.1) is 6.04 Å². The highest BCUT2D eigenvalue weighted by Crippen LogP contribution is 2.17. The number of aromatic nitrogens is 1. The SMILES string of the molecule is CC[C@H](NC(=O)N(Cc1ccsc1)CC(C)C)c1cccnc1. The van der Waals surface area contributed by atoms with Gasteiger partial charge in [0.15, 0.2) is 0 Å². The summed E-state index contributed by atoms with van der Waals surface area (Å²) in [5.41, 5.74) is 2.23. The van der Waals surface area contributed by atoms with Gasteiger partial charge in [0.1, 0.15) is 0 Å². The van der Waals surface area contributed by atoms with Crippen LogP contribution in [0.3, 0.4) is 0 Å². The molecule has 4 nitrogen and oxygen atoms in total. The van der Waals surface area contributed by atoms with Crippen molar-refractivity contribution in [1.29, 1.82) is 0 Å². The molecule has 0 aliphatic heterocycles. The van der Waals surface area contributed by atoms with E-state index in [0.29, 0.717) is 12.5 Å². The molecule has 0 saturated heterocycles. The zero-order valence-corrected chi connectivity index (χ0v) is 14.8. The van der Waals surface area contributed by atoms with Gasteiger partial charge in [0.25, 0.3) is 0 Å². The third-order valence-corrected chi connectivity index (χ3v) is 4.35. The number of hydrogen-bond donors (Lipinski definition) is 1. The predicted molar refractivity (Wildman–Crippen MR) is 95.4 cm³/mol. The Bertz CT molecular complexity index is 584. The van der Waals surface area contributed by atoms with Gasteiger partial charge in [-0.25, -0.2) is 4.79 Å². The van der Waals surface area contributed by atoms with Crippen LogP contribution >= 0.6 is 11.3 Å². The highest BCUT2D eigenvalue weighted by molar-refractivity contribution is 7.07. The number of carbonyl (C=O) groups excluding carboxylic acids is 1. The van der Waals surface area contributed by atoms with Crippen LogP contribution < -0.4 is 5.32 Å². The van der Waals surface area contributed by atoms with Gasteiger partial charge in [-0.1, -0.05) is 26.8 Å². The number of thiophene rings is 1. The van der Waals surface area contributed by atoms with Gasteiger partial charge in [0.2, 0.25) is 0 Å². The van der Waals surface area contributed by atoms with Crippen LogP contribution in [0.4, 0.5) is 4.79 Å². The van der Waals surface area contributed by atoms with Crippen LogP contribution in [0, 0.1) is 5.92 Å². The summed E-state index contributed by atoms with van der Waals surface area (Å²) in [5, 5.41) is 7.29. The van der Waals surface area contributed by atoms with E-state index in [-0.39, 0.29) is 12.1 Å². The average Bonchev–Trinajstić information content (AvgIpc) is 3.05. The van der Waals surface area contributed by atoms with Crippen LogP contribution in [0.15, 0.2) is 41.4 Å². The molecule has 0 aliphatic rings. The molecule has 2 aromatic rings. The minimum Gasteiger partial charge on any atom is -0.331 e. The maximum Gasteiger partial charge on any atom is 0.318 e. The Kier molecular flexibility index (Phi) is 6.59. The van der Waals surface area contributed by atoms with E-state index in [9.17, 15) is 4.79 Å². The van der Waals surface area contributed by atoms with E-state index in [1.54, 1.807) is 17.5 Å². The van der Waals surface area contributed by atoms with Crippen LogP contribution in [0.5, 0.6) is 0 Å². The van der Waals surface area contributed by atoms with Crippen LogP contribution in [0.1, 0.15) is 44.4 Å². The lowest BCUT2D eigenvalue weighted by Crippen LogP contribution is -2.42. The first-order valence-electron chi connectivity index (χ1n) is 8.06. The molecule has 2 amide bonds. The fourth-order valence-electron chi connectivity index (χ4n) is 2.51. The fraction of sp³-hybridized carbons (Fsp3) is 0.444. The van der Waals surface area contributed by atoms with Crippen molar-refractivity contribution in [3.63, 3.8) is 0 Å². The molecular weight excluding hydrogens is 306 g/mol. The number of amides is 2. The lowest BCUT2D eigenvalue weighted by atomic mass is 10.1. The molecule has 2 rings (SSSR count). The molecule has 0 saturated carbocycles. The summed E-state index contributed by atoms with van der Waals surface area (Å²) in [5.74, 6) is 0.429. The zero-order chi connectivity index (χ0) is 16.7. The van der Waals surface area contributed by atoms with Crippen LogP contribution in [0.2, 0.25) is 0 Å². The molecule has 124 valence electrons. The van der Waals surface area contributed by atoms with E-state index in [1.165, 1.54) is 5.56 Å². The van der Waals surface area contributed by atoms with Gasteiger partial charge in [0, 0.05) is 25.5 Å². The molecule has 2 heterocycles. The maximum absolute atomic E-state index is 12.7. The molecule has 0 aliphatic carbocycles. The Labute approximate surface area is 142 Å².